The van der Waals surface area contributed by atoms with Gasteiger partial charge in [0.15, 0.2) is 5.96 Å². The number of hydrogen-bond acceptors (Lipinski definition) is 2. The quantitative estimate of drug-likeness (QED) is 0.280. The lowest BCUT2D eigenvalue weighted by atomic mass is 10.1. The third-order valence-corrected chi connectivity index (χ3v) is 4.22. The van der Waals surface area contributed by atoms with E-state index < -0.39 is 0 Å². The molecule has 0 saturated carbocycles. The zero-order chi connectivity index (χ0) is 14.8. The van der Waals surface area contributed by atoms with Gasteiger partial charge in [0, 0.05) is 26.2 Å². The van der Waals surface area contributed by atoms with Crippen LogP contribution in [-0.4, -0.2) is 50.1 Å². The van der Waals surface area contributed by atoms with Gasteiger partial charge in [-0.25, -0.2) is 0 Å². The summed E-state index contributed by atoms with van der Waals surface area (Å²) in [6.07, 6.45) is 6.45. The molecule has 0 aromatic heterocycles. The zero-order valence-corrected chi connectivity index (χ0v) is 16.7. The van der Waals surface area contributed by atoms with Gasteiger partial charge in [-0.3, -0.25) is 4.99 Å². The molecule has 0 radical (unpaired) electrons. The van der Waals surface area contributed by atoms with Crippen molar-refractivity contribution in [3.05, 3.63) is 0 Å². The maximum atomic E-state index is 4.34. The van der Waals surface area contributed by atoms with E-state index in [1.54, 1.807) is 0 Å². The Bertz CT molecular complexity index is 283. The van der Waals surface area contributed by atoms with E-state index in [9.17, 15) is 0 Å². The fourth-order valence-electron chi connectivity index (χ4n) is 2.81. The number of hydrogen-bond donors (Lipinski definition) is 2. The van der Waals surface area contributed by atoms with Gasteiger partial charge in [0.05, 0.1) is 0 Å². The van der Waals surface area contributed by atoms with E-state index in [1.165, 1.54) is 51.7 Å². The number of nitrogens with zero attached hydrogens (tertiary/aromatic N) is 2. The lowest BCUT2D eigenvalue weighted by Crippen LogP contribution is -2.44. The standard InChI is InChI=1S/C16H34N4.HI/c1-5-7-8-9-14(3)19-16(17-4)18-12-15-10-11-20(6-2)13-15;/h14-15H,5-13H2,1-4H3,(H2,17,18,19);1H. The molecule has 0 amide bonds. The Morgan fingerprint density at radius 1 is 1.33 bits per heavy atom. The fraction of sp³-hybridized carbons (Fsp3) is 0.938. The van der Waals surface area contributed by atoms with Crippen LogP contribution in [0.3, 0.4) is 0 Å². The molecule has 2 N–H and O–H groups in total. The molecule has 21 heavy (non-hydrogen) atoms. The number of nitrogens with one attached hydrogen (secondary N) is 2. The van der Waals surface area contributed by atoms with Crippen molar-refractivity contribution >= 4 is 29.9 Å². The predicted molar refractivity (Wildman–Crippen MR) is 104 cm³/mol. The van der Waals surface area contributed by atoms with Crippen molar-refractivity contribution in [3.8, 4) is 0 Å². The second-order valence-electron chi connectivity index (χ2n) is 6.04. The van der Waals surface area contributed by atoms with E-state index in [-0.39, 0.29) is 24.0 Å². The van der Waals surface area contributed by atoms with E-state index in [0.29, 0.717) is 6.04 Å². The Labute approximate surface area is 148 Å². The first-order chi connectivity index (χ1) is 9.69. The van der Waals surface area contributed by atoms with Gasteiger partial charge in [0.1, 0.15) is 0 Å². The van der Waals surface area contributed by atoms with Crippen LogP contribution in [-0.2, 0) is 0 Å². The molecule has 1 aliphatic heterocycles. The molecule has 1 aliphatic rings. The summed E-state index contributed by atoms with van der Waals surface area (Å²) in [5.41, 5.74) is 0. The largest absolute Gasteiger partial charge is 0.356 e. The molecule has 2 unspecified atom stereocenters. The molecular formula is C16H35IN4. The minimum atomic E-state index is 0. The van der Waals surface area contributed by atoms with E-state index >= 15 is 0 Å². The Kier molecular flexibility index (Phi) is 12.5. The molecular weight excluding hydrogens is 375 g/mol. The molecule has 1 heterocycles. The van der Waals surface area contributed by atoms with Crippen molar-refractivity contribution < 1.29 is 0 Å². The number of aliphatic imine (C=N–C) groups is 1. The second-order valence-corrected chi connectivity index (χ2v) is 6.04. The van der Waals surface area contributed by atoms with Crippen molar-refractivity contribution in [2.45, 2.75) is 58.9 Å². The maximum Gasteiger partial charge on any atom is 0.191 e. The minimum Gasteiger partial charge on any atom is -0.356 e. The number of halogens is 1. The van der Waals surface area contributed by atoms with Crippen LogP contribution in [0.2, 0.25) is 0 Å². The molecule has 5 heteroatoms. The smallest absolute Gasteiger partial charge is 0.191 e. The number of rotatable bonds is 8. The average Bonchev–Trinajstić information content (AvgIpc) is 2.91. The molecule has 1 rings (SSSR count). The van der Waals surface area contributed by atoms with Crippen LogP contribution in [0.4, 0.5) is 0 Å². The molecule has 1 saturated heterocycles. The lowest BCUT2D eigenvalue weighted by molar-refractivity contribution is 0.341. The van der Waals surface area contributed by atoms with Crippen LogP contribution >= 0.6 is 24.0 Å². The van der Waals surface area contributed by atoms with E-state index in [1.807, 2.05) is 7.05 Å². The highest BCUT2D eigenvalue weighted by atomic mass is 127. The number of likely N-dealkylation sites (tertiary alicyclic amines) is 1. The number of unbranched alkanes of at least 4 members (excludes halogenated alkanes) is 2. The van der Waals surface area contributed by atoms with Crippen LogP contribution < -0.4 is 10.6 Å². The maximum absolute atomic E-state index is 4.34. The van der Waals surface area contributed by atoms with Crippen molar-refractivity contribution in [3.63, 3.8) is 0 Å². The third kappa shape index (κ3) is 8.86. The Morgan fingerprint density at radius 3 is 2.67 bits per heavy atom. The Hall–Kier alpha value is -0.0400. The first kappa shape index (κ1) is 21.0. The van der Waals surface area contributed by atoms with Gasteiger partial charge >= 0.3 is 0 Å². The summed E-state index contributed by atoms with van der Waals surface area (Å²) in [6.45, 7) is 11.4. The average molecular weight is 410 g/mol. The molecule has 0 aromatic carbocycles. The van der Waals surface area contributed by atoms with Gasteiger partial charge in [0.2, 0.25) is 0 Å². The summed E-state index contributed by atoms with van der Waals surface area (Å²) in [5, 5.41) is 6.99. The Morgan fingerprint density at radius 2 is 2.10 bits per heavy atom. The van der Waals surface area contributed by atoms with E-state index in [4.69, 9.17) is 0 Å². The topological polar surface area (TPSA) is 39.7 Å². The molecule has 4 nitrogen and oxygen atoms in total. The molecule has 0 aliphatic carbocycles. The van der Waals surface area contributed by atoms with Gasteiger partial charge < -0.3 is 15.5 Å². The van der Waals surface area contributed by atoms with Crippen molar-refractivity contribution in [2.75, 3.05) is 33.2 Å². The summed E-state index contributed by atoms with van der Waals surface area (Å²) in [4.78, 5) is 6.86. The molecule has 2 atom stereocenters. The van der Waals surface area contributed by atoms with Gasteiger partial charge in [-0.1, -0.05) is 33.1 Å². The molecule has 126 valence electrons. The fourth-order valence-corrected chi connectivity index (χ4v) is 2.81. The SMILES string of the molecule is CCCCCC(C)NC(=NC)NCC1CCN(CC)C1.I. The summed E-state index contributed by atoms with van der Waals surface area (Å²) < 4.78 is 0. The van der Waals surface area contributed by atoms with E-state index in [2.05, 4.69) is 41.3 Å². The highest BCUT2D eigenvalue weighted by Gasteiger charge is 2.21. The summed E-state index contributed by atoms with van der Waals surface area (Å²) >= 11 is 0. The third-order valence-electron chi connectivity index (χ3n) is 4.22. The molecule has 1 fully saturated rings. The number of guanidine groups is 1. The van der Waals surface area contributed by atoms with Gasteiger partial charge in [0.25, 0.3) is 0 Å². The summed E-state index contributed by atoms with van der Waals surface area (Å²) in [5.74, 6) is 1.73. The van der Waals surface area contributed by atoms with Crippen LogP contribution in [0, 0.1) is 5.92 Å². The van der Waals surface area contributed by atoms with Gasteiger partial charge in [-0.05, 0) is 38.8 Å². The van der Waals surface area contributed by atoms with Crippen LogP contribution in [0.1, 0.15) is 52.9 Å². The van der Waals surface area contributed by atoms with Crippen LogP contribution in [0.25, 0.3) is 0 Å². The highest BCUT2D eigenvalue weighted by molar-refractivity contribution is 14.0. The molecule has 0 aromatic rings. The zero-order valence-electron chi connectivity index (χ0n) is 14.3. The normalized spacial score (nSPS) is 21.0. The van der Waals surface area contributed by atoms with Crippen LogP contribution in [0.5, 0.6) is 0 Å². The predicted octanol–water partition coefficient (Wildman–Crippen LogP) is 3.08. The van der Waals surface area contributed by atoms with E-state index in [0.717, 1.165) is 18.4 Å². The lowest BCUT2D eigenvalue weighted by Gasteiger charge is -2.20. The van der Waals surface area contributed by atoms with Crippen molar-refractivity contribution in [1.82, 2.24) is 15.5 Å². The summed E-state index contributed by atoms with van der Waals surface area (Å²) in [7, 11) is 1.86. The van der Waals surface area contributed by atoms with Gasteiger partial charge in [-0.2, -0.15) is 0 Å². The molecule has 0 spiro atoms. The monoisotopic (exact) mass is 410 g/mol. The highest BCUT2D eigenvalue weighted by Crippen LogP contribution is 2.14. The van der Waals surface area contributed by atoms with Gasteiger partial charge in [-0.15, -0.1) is 24.0 Å². The first-order valence-electron chi connectivity index (χ1n) is 8.39. The molecule has 0 bridgehead atoms. The first-order valence-corrected chi connectivity index (χ1v) is 8.39. The van der Waals surface area contributed by atoms with Crippen LogP contribution in [0.15, 0.2) is 4.99 Å². The minimum absolute atomic E-state index is 0. The Balaban J connectivity index is 0.00000400. The van der Waals surface area contributed by atoms with Crippen molar-refractivity contribution in [2.24, 2.45) is 10.9 Å². The second kappa shape index (κ2) is 12.5. The van der Waals surface area contributed by atoms with Crippen molar-refractivity contribution in [1.29, 1.82) is 0 Å². The summed E-state index contributed by atoms with van der Waals surface area (Å²) in [6, 6.07) is 0.503.